The lowest BCUT2D eigenvalue weighted by molar-refractivity contribution is 0.0183. The van der Waals surface area contributed by atoms with E-state index in [9.17, 15) is 0 Å². The third-order valence-corrected chi connectivity index (χ3v) is 2.09. The summed E-state index contributed by atoms with van der Waals surface area (Å²) in [7, 11) is 1.67. The highest BCUT2D eigenvalue weighted by molar-refractivity contribution is 5.19. The van der Waals surface area contributed by atoms with E-state index >= 15 is 0 Å². The molecule has 1 aliphatic heterocycles. The fraction of sp³-hybridized carbons (Fsp3) is 0.714. The quantitative estimate of drug-likeness (QED) is 0.589. The van der Waals surface area contributed by atoms with Gasteiger partial charge in [-0.1, -0.05) is 0 Å². The Bertz CT molecular complexity index is 176. The van der Waals surface area contributed by atoms with Crippen molar-refractivity contribution in [3.63, 3.8) is 0 Å². The van der Waals surface area contributed by atoms with Crippen LogP contribution in [-0.4, -0.2) is 13.2 Å². The lowest BCUT2D eigenvalue weighted by Crippen LogP contribution is -2.11. The zero-order valence-corrected chi connectivity index (χ0v) is 6.02. The summed E-state index contributed by atoms with van der Waals surface area (Å²) < 4.78 is 5.07. The van der Waals surface area contributed by atoms with Crippen molar-refractivity contribution in [2.24, 2.45) is 0 Å². The molecule has 0 aromatic carbocycles. The van der Waals surface area contributed by atoms with E-state index in [4.69, 9.17) is 9.57 Å². The van der Waals surface area contributed by atoms with Gasteiger partial charge in [0, 0.05) is 5.57 Å². The molecule has 56 valence electrons. The molecule has 0 aromatic rings. The number of rotatable bonds is 1. The number of fused-ring (bicyclic) bond motifs is 1. The Morgan fingerprint density at radius 2 is 2.60 bits per heavy atom. The van der Waals surface area contributed by atoms with E-state index in [1.807, 2.05) is 0 Å². The monoisotopic (exact) mass is 141 g/mol. The second-order valence-electron chi connectivity index (χ2n) is 2.66. The van der Waals surface area contributed by atoms with E-state index in [0.29, 0.717) is 6.10 Å². The van der Waals surface area contributed by atoms with Crippen molar-refractivity contribution in [1.82, 2.24) is 5.48 Å². The first-order chi connectivity index (χ1) is 4.92. The van der Waals surface area contributed by atoms with Gasteiger partial charge in [0.2, 0.25) is 5.88 Å². The largest absolute Gasteiger partial charge is 0.481 e. The first-order valence-electron chi connectivity index (χ1n) is 3.60. The predicted octanol–water partition coefficient (Wildman–Crippen LogP) is 0.932. The molecule has 0 radical (unpaired) electrons. The van der Waals surface area contributed by atoms with Gasteiger partial charge in [-0.05, 0) is 19.3 Å². The van der Waals surface area contributed by atoms with Crippen molar-refractivity contribution < 1.29 is 9.57 Å². The molecule has 1 aliphatic carbocycles. The Kier molecular flexibility index (Phi) is 1.31. The van der Waals surface area contributed by atoms with Crippen LogP contribution < -0.4 is 5.48 Å². The number of hydroxylamine groups is 1. The summed E-state index contributed by atoms with van der Waals surface area (Å²) in [6, 6.07) is 0. The van der Waals surface area contributed by atoms with Crippen molar-refractivity contribution >= 4 is 0 Å². The summed E-state index contributed by atoms with van der Waals surface area (Å²) in [5.74, 6) is 0.836. The van der Waals surface area contributed by atoms with E-state index < -0.39 is 0 Å². The molecule has 2 aliphatic rings. The second-order valence-corrected chi connectivity index (χ2v) is 2.66. The highest BCUT2D eigenvalue weighted by Gasteiger charge is 2.31. The van der Waals surface area contributed by atoms with Gasteiger partial charge in [-0.15, -0.1) is 0 Å². The van der Waals surface area contributed by atoms with Crippen molar-refractivity contribution in [3.8, 4) is 0 Å². The smallest absolute Gasteiger partial charge is 0.212 e. The van der Waals surface area contributed by atoms with Crippen LogP contribution in [-0.2, 0) is 9.57 Å². The van der Waals surface area contributed by atoms with Gasteiger partial charge in [-0.2, -0.15) is 0 Å². The van der Waals surface area contributed by atoms with E-state index in [2.05, 4.69) is 5.48 Å². The van der Waals surface area contributed by atoms with Gasteiger partial charge in [-0.3, -0.25) is 4.84 Å². The van der Waals surface area contributed by atoms with Crippen LogP contribution in [0.4, 0.5) is 0 Å². The van der Waals surface area contributed by atoms with Gasteiger partial charge in [0.1, 0.15) is 6.10 Å². The average molecular weight is 141 g/mol. The topological polar surface area (TPSA) is 30.5 Å². The zero-order chi connectivity index (χ0) is 6.97. The number of hydrogen-bond donors (Lipinski definition) is 1. The Balaban J connectivity index is 2.22. The molecule has 1 saturated carbocycles. The van der Waals surface area contributed by atoms with Crippen LogP contribution in [0.5, 0.6) is 0 Å². The fourth-order valence-corrected chi connectivity index (χ4v) is 1.57. The highest BCUT2D eigenvalue weighted by Crippen LogP contribution is 2.32. The maximum absolute atomic E-state index is 5.23. The number of ether oxygens (including phenoxy) is 1. The minimum Gasteiger partial charge on any atom is -0.481 e. The SMILES string of the molecule is COC1=C2CCCC2ON1. The maximum atomic E-state index is 5.23. The Morgan fingerprint density at radius 3 is 3.40 bits per heavy atom. The lowest BCUT2D eigenvalue weighted by Gasteiger charge is -2.01. The first kappa shape index (κ1) is 6.04. The van der Waals surface area contributed by atoms with Crippen LogP contribution in [0, 0.1) is 0 Å². The van der Waals surface area contributed by atoms with Crippen LogP contribution >= 0.6 is 0 Å². The van der Waals surface area contributed by atoms with Gasteiger partial charge in [0.15, 0.2) is 0 Å². The summed E-state index contributed by atoms with van der Waals surface area (Å²) in [6.07, 6.45) is 3.79. The van der Waals surface area contributed by atoms with Crippen molar-refractivity contribution in [1.29, 1.82) is 0 Å². The molecule has 2 rings (SSSR count). The minimum absolute atomic E-state index is 0.301. The molecular formula is C7H11NO2. The Hall–Kier alpha value is -0.700. The van der Waals surface area contributed by atoms with Crippen LogP contribution in [0.2, 0.25) is 0 Å². The average Bonchev–Trinajstić information content (AvgIpc) is 2.44. The van der Waals surface area contributed by atoms with Crippen LogP contribution in [0.3, 0.4) is 0 Å². The normalized spacial score (nSPS) is 30.3. The Morgan fingerprint density at radius 1 is 1.70 bits per heavy atom. The summed E-state index contributed by atoms with van der Waals surface area (Å²) in [5, 5.41) is 0. The summed E-state index contributed by atoms with van der Waals surface area (Å²) in [5.41, 5.74) is 4.07. The summed E-state index contributed by atoms with van der Waals surface area (Å²) >= 11 is 0. The third kappa shape index (κ3) is 0.703. The van der Waals surface area contributed by atoms with Gasteiger partial charge >= 0.3 is 0 Å². The van der Waals surface area contributed by atoms with Gasteiger partial charge in [-0.25, -0.2) is 5.48 Å². The van der Waals surface area contributed by atoms with Gasteiger partial charge in [0.05, 0.1) is 7.11 Å². The molecule has 1 unspecified atom stereocenters. The first-order valence-corrected chi connectivity index (χ1v) is 3.60. The minimum atomic E-state index is 0.301. The molecule has 3 nitrogen and oxygen atoms in total. The predicted molar refractivity (Wildman–Crippen MR) is 35.9 cm³/mol. The second kappa shape index (κ2) is 2.16. The molecule has 0 aromatic heterocycles. The lowest BCUT2D eigenvalue weighted by atomic mass is 10.2. The van der Waals surface area contributed by atoms with Crippen LogP contribution in [0.1, 0.15) is 19.3 Å². The van der Waals surface area contributed by atoms with E-state index in [1.54, 1.807) is 7.11 Å². The fourth-order valence-electron chi connectivity index (χ4n) is 1.57. The Labute approximate surface area is 60.0 Å². The molecule has 0 bridgehead atoms. The zero-order valence-electron chi connectivity index (χ0n) is 6.02. The molecule has 10 heavy (non-hydrogen) atoms. The third-order valence-electron chi connectivity index (χ3n) is 2.09. The molecular weight excluding hydrogens is 130 g/mol. The van der Waals surface area contributed by atoms with Crippen LogP contribution in [0.15, 0.2) is 11.5 Å². The molecule has 0 saturated heterocycles. The molecule has 1 N–H and O–H groups in total. The summed E-state index contributed by atoms with van der Waals surface area (Å²) in [4.78, 5) is 5.23. The standard InChI is InChI=1S/C7H11NO2/c1-9-7-5-3-2-4-6(5)10-8-7/h6,8H,2-4H2,1H3. The highest BCUT2D eigenvalue weighted by atomic mass is 16.7. The van der Waals surface area contributed by atoms with E-state index in [-0.39, 0.29) is 0 Å². The molecule has 1 heterocycles. The number of methoxy groups -OCH3 is 1. The van der Waals surface area contributed by atoms with Crippen molar-refractivity contribution in [2.45, 2.75) is 25.4 Å². The van der Waals surface area contributed by atoms with Gasteiger partial charge < -0.3 is 4.74 Å². The summed E-state index contributed by atoms with van der Waals surface area (Å²) in [6.45, 7) is 0. The number of nitrogens with one attached hydrogen (secondary N) is 1. The molecule has 1 fully saturated rings. The van der Waals surface area contributed by atoms with Crippen LogP contribution in [0.25, 0.3) is 0 Å². The molecule has 0 spiro atoms. The van der Waals surface area contributed by atoms with Gasteiger partial charge in [0.25, 0.3) is 0 Å². The van der Waals surface area contributed by atoms with Crippen molar-refractivity contribution in [2.75, 3.05) is 7.11 Å². The van der Waals surface area contributed by atoms with E-state index in [0.717, 1.165) is 18.7 Å². The molecule has 0 amide bonds. The van der Waals surface area contributed by atoms with Crippen molar-refractivity contribution in [3.05, 3.63) is 11.5 Å². The number of hydrogen-bond acceptors (Lipinski definition) is 3. The molecule has 1 atom stereocenters. The van der Waals surface area contributed by atoms with E-state index in [1.165, 1.54) is 12.0 Å². The molecule has 3 heteroatoms. The maximum Gasteiger partial charge on any atom is 0.212 e.